The highest BCUT2D eigenvalue weighted by atomic mass is 16.6. The molecule has 14 nitrogen and oxygen atoms in total. The Morgan fingerprint density at radius 1 is 1.15 bits per heavy atom. The van der Waals surface area contributed by atoms with E-state index in [0.29, 0.717) is 5.69 Å². The molecule has 1 amide bonds. The molecule has 0 aliphatic heterocycles. The van der Waals surface area contributed by atoms with Gasteiger partial charge in [-0.05, 0) is 30.0 Å². The van der Waals surface area contributed by atoms with E-state index in [1.54, 1.807) is 31.2 Å². The molecule has 4 rings (SSSR count). The molecular weight excluding hydrogens is 434 g/mol. The van der Waals surface area contributed by atoms with Gasteiger partial charge in [0.1, 0.15) is 5.56 Å². The van der Waals surface area contributed by atoms with Crippen LogP contribution in [0.3, 0.4) is 0 Å². The molecule has 0 aliphatic rings. The largest absolute Gasteiger partial charge is 0.491 e. The molecule has 168 valence electrons. The standard InChI is InChI=1S/C19H17N9O5/c1-2-33-18(30)14-10-21-27(13-6-4-3-5-7-13)16(14)22-17(29)15-8-9-25(23-15)12-26-11-20-19(24-26)28(31)32/h3-11H,2,12H2,1H3,(H,22,29). The van der Waals surface area contributed by atoms with Crippen molar-refractivity contribution in [3.8, 4) is 5.69 Å². The number of carbonyl (C=O) groups excluding carboxylic acids is 2. The summed E-state index contributed by atoms with van der Waals surface area (Å²) in [5.41, 5.74) is 0.755. The topological polar surface area (TPSA) is 165 Å². The number of carbonyl (C=O) groups is 2. The van der Waals surface area contributed by atoms with Crippen LogP contribution in [0.5, 0.6) is 0 Å². The van der Waals surface area contributed by atoms with E-state index in [4.69, 9.17) is 4.74 Å². The van der Waals surface area contributed by atoms with Crippen LogP contribution in [0, 0.1) is 10.1 Å². The van der Waals surface area contributed by atoms with E-state index >= 15 is 0 Å². The third-order valence-electron chi connectivity index (χ3n) is 4.35. The van der Waals surface area contributed by atoms with Crippen molar-refractivity contribution in [1.29, 1.82) is 0 Å². The number of benzene rings is 1. The third-order valence-corrected chi connectivity index (χ3v) is 4.35. The Balaban J connectivity index is 1.57. The summed E-state index contributed by atoms with van der Waals surface area (Å²) in [7, 11) is 0. The SMILES string of the molecule is CCOC(=O)c1cnn(-c2ccccc2)c1NC(=O)c1ccn(Cn2cnc([N+](=O)[O-])n2)n1. The molecule has 0 atom stereocenters. The van der Waals surface area contributed by atoms with Crippen LogP contribution in [0.25, 0.3) is 5.69 Å². The lowest BCUT2D eigenvalue weighted by Crippen LogP contribution is -2.19. The number of rotatable bonds is 8. The lowest BCUT2D eigenvalue weighted by Gasteiger charge is -2.10. The maximum atomic E-state index is 12.9. The number of nitro groups is 1. The first-order valence-electron chi connectivity index (χ1n) is 9.65. The minimum atomic E-state index is -0.713. The number of nitrogens with one attached hydrogen (secondary N) is 1. The van der Waals surface area contributed by atoms with Gasteiger partial charge in [-0.2, -0.15) is 14.9 Å². The van der Waals surface area contributed by atoms with Gasteiger partial charge in [0.25, 0.3) is 5.91 Å². The predicted molar refractivity (Wildman–Crippen MR) is 112 cm³/mol. The van der Waals surface area contributed by atoms with Crippen molar-refractivity contribution in [1.82, 2.24) is 34.3 Å². The van der Waals surface area contributed by atoms with Crippen LogP contribution in [0.2, 0.25) is 0 Å². The molecule has 0 saturated heterocycles. The fourth-order valence-electron chi connectivity index (χ4n) is 2.91. The molecule has 3 aromatic heterocycles. The van der Waals surface area contributed by atoms with E-state index in [-0.39, 0.29) is 30.4 Å². The molecule has 1 aromatic carbocycles. The molecule has 4 aromatic rings. The van der Waals surface area contributed by atoms with Crippen LogP contribution < -0.4 is 5.32 Å². The van der Waals surface area contributed by atoms with Crippen molar-refractivity contribution in [3.05, 3.63) is 76.5 Å². The first-order chi connectivity index (χ1) is 16.0. The Kier molecular flexibility index (Phi) is 5.88. The lowest BCUT2D eigenvalue weighted by atomic mass is 10.3. The average molecular weight is 451 g/mol. The first-order valence-corrected chi connectivity index (χ1v) is 9.65. The second kappa shape index (κ2) is 9.09. The zero-order valence-electron chi connectivity index (χ0n) is 17.2. The second-order valence-corrected chi connectivity index (χ2v) is 6.55. The molecule has 0 aliphatic carbocycles. The van der Waals surface area contributed by atoms with E-state index < -0.39 is 22.7 Å². The molecule has 3 heterocycles. The van der Waals surface area contributed by atoms with Crippen molar-refractivity contribution in [2.24, 2.45) is 0 Å². The zero-order valence-corrected chi connectivity index (χ0v) is 17.2. The van der Waals surface area contributed by atoms with E-state index in [2.05, 4.69) is 25.6 Å². The lowest BCUT2D eigenvalue weighted by molar-refractivity contribution is -0.394. The summed E-state index contributed by atoms with van der Waals surface area (Å²) in [5.74, 6) is -1.64. The number of nitrogens with zero attached hydrogens (tertiary/aromatic N) is 8. The molecular formula is C19H17N9O5. The molecule has 33 heavy (non-hydrogen) atoms. The number of ether oxygens (including phenoxy) is 1. The normalized spacial score (nSPS) is 10.7. The maximum Gasteiger partial charge on any atom is 0.491 e. The Labute approximate surface area is 185 Å². The monoisotopic (exact) mass is 451 g/mol. The van der Waals surface area contributed by atoms with Gasteiger partial charge in [-0.25, -0.2) is 14.2 Å². The van der Waals surface area contributed by atoms with Gasteiger partial charge in [-0.3, -0.25) is 4.79 Å². The predicted octanol–water partition coefficient (Wildman–Crippen LogP) is 1.50. The number of hydrogen-bond donors (Lipinski definition) is 1. The third kappa shape index (κ3) is 4.58. The van der Waals surface area contributed by atoms with E-state index in [1.807, 2.05) is 6.07 Å². The Morgan fingerprint density at radius 3 is 2.64 bits per heavy atom. The van der Waals surface area contributed by atoms with Crippen LogP contribution in [0.15, 0.2) is 55.1 Å². The zero-order chi connectivity index (χ0) is 23.4. The number of para-hydroxylation sites is 1. The van der Waals surface area contributed by atoms with Crippen LogP contribution in [0.1, 0.15) is 27.8 Å². The van der Waals surface area contributed by atoms with Crippen molar-refractivity contribution in [2.75, 3.05) is 11.9 Å². The quantitative estimate of drug-likeness (QED) is 0.237. The van der Waals surface area contributed by atoms with Crippen molar-refractivity contribution < 1.29 is 19.2 Å². The number of aromatic nitrogens is 7. The highest BCUT2D eigenvalue weighted by molar-refractivity contribution is 6.06. The Hall–Kier alpha value is -4.88. The van der Waals surface area contributed by atoms with Gasteiger partial charge in [0.05, 0.1) is 18.5 Å². The minimum absolute atomic E-state index is 0.00411. The molecule has 0 radical (unpaired) electrons. The molecule has 0 spiro atoms. The van der Waals surface area contributed by atoms with Crippen molar-refractivity contribution in [2.45, 2.75) is 13.6 Å². The molecule has 0 unspecified atom stereocenters. The van der Waals surface area contributed by atoms with Gasteiger partial charge in [-0.1, -0.05) is 23.2 Å². The highest BCUT2D eigenvalue weighted by Crippen LogP contribution is 2.22. The van der Waals surface area contributed by atoms with Gasteiger partial charge in [0, 0.05) is 11.3 Å². The van der Waals surface area contributed by atoms with E-state index in [9.17, 15) is 19.7 Å². The van der Waals surface area contributed by atoms with Gasteiger partial charge >= 0.3 is 11.9 Å². The van der Waals surface area contributed by atoms with Crippen LogP contribution in [0.4, 0.5) is 11.8 Å². The van der Waals surface area contributed by atoms with Gasteiger partial charge in [0.15, 0.2) is 18.2 Å². The molecule has 0 saturated carbocycles. The summed E-state index contributed by atoms with van der Waals surface area (Å²) < 4.78 is 9.04. The smallest absolute Gasteiger partial charge is 0.462 e. The summed E-state index contributed by atoms with van der Waals surface area (Å²) in [6, 6.07) is 10.4. The van der Waals surface area contributed by atoms with Gasteiger partial charge < -0.3 is 20.2 Å². The molecule has 0 fully saturated rings. The fourth-order valence-corrected chi connectivity index (χ4v) is 2.91. The van der Waals surface area contributed by atoms with Gasteiger partial charge in [-0.15, -0.1) is 0 Å². The number of hydrogen-bond acceptors (Lipinski definition) is 9. The molecule has 0 bridgehead atoms. The fraction of sp³-hybridized carbons (Fsp3) is 0.158. The second-order valence-electron chi connectivity index (χ2n) is 6.55. The van der Waals surface area contributed by atoms with Gasteiger partial charge in [0.2, 0.25) is 6.33 Å². The summed E-state index contributed by atoms with van der Waals surface area (Å²) >= 11 is 0. The summed E-state index contributed by atoms with van der Waals surface area (Å²) in [6.07, 6.45) is 4.00. The first kappa shape index (κ1) is 21.4. The Morgan fingerprint density at radius 2 is 1.94 bits per heavy atom. The van der Waals surface area contributed by atoms with Crippen LogP contribution >= 0.6 is 0 Å². The summed E-state index contributed by atoms with van der Waals surface area (Å²) in [4.78, 5) is 38.8. The Bertz CT molecular complexity index is 1310. The van der Waals surface area contributed by atoms with Crippen molar-refractivity contribution in [3.63, 3.8) is 0 Å². The maximum absolute atomic E-state index is 12.9. The van der Waals surface area contributed by atoms with E-state index in [0.717, 1.165) is 0 Å². The molecule has 1 N–H and O–H groups in total. The average Bonchev–Trinajstić information content (AvgIpc) is 3.55. The number of amides is 1. The molecule has 14 heteroatoms. The van der Waals surface area contributed by atoms with Crippen LogP contribution in [-0.2, 0) is 11.4 Å². The summed E-state index contributed by atoms with van der Waals surface area (Å²) in [6.45, 7) is 1.84. The highest BCUT2D eigenvalue weighted by Gasteiger charge is 2.23. The van der Waals surface area contributed by atoms with E-state index in [1.165, 1.54) is 38.8 Å². The number of anilines is 1. The van der Waals surface area contributed by atoms with Crippen LogP contribution in [-0.4, -0.2) is 57.7 Å². The summed E-state index contributed by atoms with van der Waals surface area (Å²) in [5, 5.41) is 25.4. The number of esters is 1. The van der Waals surface area contributed by atoms with Crippen molar-refractivity contribution >= 4 is 23.6 Å². The minimum Gasteiger partial charge on any atom is -0.462 e.